The van der Waals surface area contributed by atoms with Crippen LogP contribution in [0.4, 0.5) is 0 Å². The van der Waals surface area contributed by atoms with Crippen LogP contribution >= 0.6 is 27.3 Å². The van der Waals surface area contributed by atoms with E-state index < -0.39 is 0 Å². The number of hydrogen-bond acceptors (Lipinski definition) is 1. The maximum absolute atomic E-state index is 3.43. The van der Waals surface area contributed by atoms with Crippen molar-refractivity contribution in [2.75, 3.05) is 0 Å². The van der Waals surface area contributed by atoms with E-state index in [1.54, 1.807) is 11.3 Å². The molecule has 0 aliphatic carbocycles. The van der Waals surface area contributed by atoms with E-state index in [-0.39, 0.29) is 0 Å². The van der Waals surface area contributed by atoms with Crippen LogP contribution in [0, 0.1) is 13.8 Å². The van der Waals surface area contributed by atoms with Crippen LogP contribution in [0.5, 0.6) is 0 Å². The zero-order chi connectivity index (χ0) is 8.15. The molecule has 0 spiro atoms. The van der Waals surface area contributed by atoms with E-state index in [0.717, 1.165) is 0 Å². The van der Waals surface area contributed by atoms with E-state index in [2.05, 4.69) is 35.8 Å². The van der Waals surface area contributed by atoms with Gasteiger partial charge >= 0.3 is 0 Å². The second-order valence-electron chi connectivity index (χ2n) is 1.81. The first kappa shape index (κ1) is 10.2. The van der Waals surface area contributed by atoms with Crippen molar-refractivity contribution in [2.24, 2.45) is 0 Å². The van der Waals surface area contributed by atoms with Crippen LogP contribution in [0.2, 0.25) is 0 Å². The Morgan fingerprint density at radius 3 is 1.90 bits per heavy atom. The highest BCUT2D eigenvalue weighted by Gasteiger charge is 1.95. The maximum atomic E-state index is 3.43. The minimum atomic E-state index is 1.26. The summed E-state index contributed by atoms with van der Waals surface area (Å²) in [5.41, 5.74) is 1.34. The average molecular weight is 221 g/mol. The van der Waals surface area contributed by atoms with Crippen molar-refractivity contribution >= 4 is 27.3 Å². The molecule has 0 aliphatic rings. The summed E-state index contributed by atoms with van der Waals surface area (Å²) < 4.78 is 1.26. The average Bonchev–Trinajstić information content (AvgIpc) is 2.16. The molecular formula is C8H13BrS. The van der Waals surface area contributed by atoms with Crippen LogP contribution in [-0.2, 0) is 0 Å². The molecule has 0 nitrogen and oxygen atoms in total. The molecule has 0 saturated heterocycles. The fourth-order valence-electron chi connectivity index (χ4n) is 0.613. The van der Waals surface area contributed by atoms with Crippen LogP contribution in [0.3, 0.4) is 0 Å². The summed E-state index contributed by atoms with van der Waals surface area (Å²) in [6, 6.07) is 2.18. The van der Waals surface area contributed by atoms with E-state index >= 15 is 0 Å². The first-order valence-corrected chi connectivity index (χ1v) is 5.03. The third-order valence-electron chi connectivity index (χ3n) is 0.980. The van der Waals surface area contributed by atoms with Gasteiger partial charge in [0.1, 0.15) is 0 Å². The number of thiophene rings is 1. The van der Waals surface area contributed by atoms with Crippen molar-refractivity contribution in [1.82, 2.24) is 0 Å². The van der Waals surface area contributed by atoms with Gasteiger partial charge in [0, 0.05) is 4.88 Å². The fourth-order valence-corrected chi connectivity index (χ4v) is 2.23. The van der Waals surface area contributed by atoms with Crippen molar-refractivity contribution in [2.45, 2.75) is 27.7 Å². The van der Waals surface area contributed by atoms with Gasteiger partial charge in [-0.1, -0.05) is 13.8 Å². The van der Waals surface area contributed by atoms with Gasteiger partial charge in [-0.25, -0.2) is 0 Å². The fraction of sp³-hybridized carbons (Fsp3) is 0.500. The highest BCUT2D eigenvalue weighted by Crippen LogP contribution is 2.25. The summed E-state index contributed by atoms with van der Waals surface area (Å²) in [7, 11) is 0. The van der Waals surface area contributed by atoms with Gasteiger partial charge in [0.15, 0.2) is 0 Å². The third kappa shape index (κ3) is 2.84. The quantitative estimate of drug-likeness (QED) is 0.617. The molecular weight excluding hydrogens is 208 g/mol. The molecule has 1 heterocycles. The second-order valence-corrected chi connectivity index (χ2v) is 4.39. The van der Waals surface area contributed by atoms with Crippen LogP contribution in [-0.4, -0.2) is 0 Å². The Hall–Kier alpha value is 0.180. The zero-order valence-electron chi connectivity index (χ0n) is 6.86. The first-order valence-electron chi connectivity index (χ1n) is 3.42. The predicted molar refractivity (Wildman–Crippen MR) is 52.8 cm³/mol. The molecule has 0 saturated carbocycles. The molecule has 0 fully saturated rings. The van der Waals surface area contributed by atoms with Crippen LogP contribution in [0.1, 0.15) is 24.3 Å². The monoisotopic (exact) mass is 220 g/mol. The molecule has 2 heteroatoms. The lowest BCUT2D eigenvalue weighted by molar-refractivity contribution is 1.49. The Morgan fingerprint density at radius 1 is 1.30 bits per heavy atom. The van der Waals surface area contributed by atoms with Crippen LogP contribution in [0.15, 0.2) is 9.85 Å². The molecule has 1 aromatic rings. The van der Waals surface area contributed by atoms with Crippen molar-refractivity contribution in [3.8, 4) is 0 Å². The van der Waals surface area contributed by atoms with Gasteiger partial charge in [-0.15, -0.1) is 11.3 Å². The molecule has 0 bridgehead atoms. The van der Waals surface area contributed by atoms with Gasteiger partial charge in [-0.05, 0) is 41.4 Å². The minimum absolute atomic E-state index is 1.26. The molecule has 0 aliphatic heterocycles. The van der Waals surface area contributed by atoms with E-state index in [4.69, 9.17) is 0 Å². The molecule has 0 unspecified atom stereocenters. The minimum Gasteiger partial charge on any atom is -0.133 e. The van der Waals surface area contributed by atoms with Crippen molar-refractivity contribution < 1.29 is 0 Å². The number of hydrogen-bond donors (Lipinski definition) is 0. The topological polar surface area (TPSA) is 0 Å². The van der Waals surface area contributed by atoms with Gasteiger partial charge in [-0.2, -0.15) is 0 Å². The molecule has 0 aromatic carbocycles. The SMILES string of the molecule is CC.Cc1cc(C)c(Br)s1. The largest absolute Gasteiger partial charge is 0.133 e. The molecule has 58 valence electrons. The summed E-state index contributed by atoms with van der Waals surface area (Å²) in [4.78, 5) is 1.37. The molecule has 0 amide bonds. The van der Waals surface area contributed by atoms with Gasteiger partial charge in [0.2, 0.25) is 0 Å². The Morgan fingerprint density at radius 2 is 1.80 bits per heavy atom. The van der Waals surface area contributed by atoms with E-state index in [1.165, 1.54) is 14.2 Å². The first-order chi connectivity index (χ1) is 4.70. The molecule has 1 rings (SSSR count). The second kappa shape index (κ2) is 4.91. The van der Waals surface area contributed by atoms with Crippen molar-refractivity contribution in [3.05, 3.63) is 20.3 Å². The normalized spacial score (nSPS) is 8.50. The summed E-state index contributed by atoms with van der Waals surface area (Å²) >= 11 is 5.22. The molecule has 10 heavy (non-hydrogen) atoms. The van der Waals surface area contributed by atoms with E-state index in [0.29, 0.717) is 0 Å². The Balaban J connectivity index is 0.000000371. The number of aryl methyl sites for hydroxylation is 2. The Kier molecular flexibility index (Phi) is 5.00. The van der Waals surface area contributed by atoms with Gasteiger partial charge < -0.3 is 0 Å². The molecule has 0 N–H and O–H groups in total. The highest BCUT2D eigenvalue weighted by atomic mass is 79.9. The molecule has 1 aromatic heterocycles. The molecule has 0 atom stereocenters. The molecule has 0 radical (unpaired) electrons. The zero-order valence-corrected chi connectivity index (χ0v) is 9.27. The van der Waals surface area contributed by atoms with Gasteiger partial charge in [-0.3, -0.25) is 0 Å². The Bertz CT molecular complexity index is 172. The lowest BCUT2D eigenvalue weighted by Crippen LogP contribution is -1.56. The summed E-state index contributed by atoms with van der Waals surface area (Å²) in [6.45, 7) is 8.22. The maximum Gasteiger partial charge on any atom is 0.0730 e. The summed E-state index contributed by atoms with van der Waals surface area (Å²) in [5.74, 6) is 0. The standard InChI is InChI=1S/C6H7BrS.C2H6/c1-4-3-5(2)8-6(4)7;1-2/h3H,1-2H3;1-2H3. The van der Waals surface area contributed by atoms with Crippen LogP contribution < -0.4 is 0 Å². The Labute approximate surface area is 75.4 Å². The van der Waals surface area contributed by atoms with E-state index in [1.807, 2.05) is 13.8 Å². The third-order valence-corrected chi connectivity index (χ3v) is 3.03. The van der Waals surface area contributed by atoms with Gasteiger partial charge in [0.25, 0.3) is 0 Å². The highest BCUT2D eigenvalue weighted by molar-refractivity contribution is 9.11. The lowest BCUT2D eigenvalue weighted by atomic mass is 10.4. The summed E-state index contributed by atoms with van der Waals surface area (Å²) in [5, 5.41) is 0. The van der Waals surface area contributed by atoms with Crippen molar-refractivity contribution in [3.63, 3.8) is 0 Å². The smallest absolute Gasteiger partial charge is 0.0730 e. The number of halogens is 1. The summed E-state index contributed by atoms with van der Waals surface area (Å²) in [6.07, 6.45) is 0. The van der Waals surface area contributed by atoms with Crippen molar-refractivity contribution in [1.29, 1.82) is 0 Å². The van der Waals surface area contributed by atoms with E-state index in [9.17, 15) is 0 Å². The van der Waals surface area contributed by atoms with Crippen LogP contribution in [0.25, 0.3) is 0 Å². The van der Waals surface area contributed by atoms with Gasteiger partial charge in [0.05, 0.1) is 3.79 Å². The predicted octanol–water partition coefficient (Wildman–Crippen LogP) is 4.15. The number of rotatable bonds is 0. The lowest BCUT2D eigenvalue weighted by Gasteiger charge is -1.77.